The summed E-state index contributed by atoms with van der Waals surface area (Å²) in [6.45, 7) is 4.72. The molecule has 10 heteroatoms. The molecular formula is C37H43F2N5O3. The Bertz CT molecular complexity index is 1790. The third kappa shape index (κ3) is 5.58. The first-order chi connectivity index (χ1) is 22.9. The summed E-state index contributed by atoms with van der Waals surface area (Å²) in [5.41, 5.74) is 1.08. The minimum Gasteiger partial charge on any atom is -0.508 e. The molecule has 2 N–H and O–H groups in total. The van der Waals surface area contributed by atoms with Crippen molar-refractivity contribution in [1.82, 2.24) is 20.2 Å². The number of rotatable bonds is 9. The van der Waals surface area contributed by atoms with Crippen LogP contribution in [0.3, 0.4) is 0 Å². The number of aromatic hydroxyl groups is 1. The molecule has 5 heterocycles. The third-order valence-corrected chi connectivity index (χ3v) is 11.0. The van der Waals surface area contributed by atoms with Gasteiger partial charge in [-0.15, -0.1) is 0 Å². The molecule has 4 aromatic rings. The highest BCUT2D eigenvalue weighted by molar-refractivity contribution is 6.03. The molecule has 3 aromatic carbocycles. The van der Waals surface area contributed by atoms with E-state index in [1.807, 2.05) is 32.2 Å². The number of aryl methyl sites for hydroxylation is 1. The molecule has 8 nitrogen and oxygen atoms in total. The first kappa shape index (κ1) is 30.7. The number of ether oxygens (including phenoxy) is 2. The number of phenols is 1. The van der Waals surface area contributed by atoms with Crippen LogP contribution in [0.2, 0.25) is 0 Å². The number of piperazine rings is 1. The van der Waals surface area contributed by atoms with Crippen LogP contribution in [-0.2, 0) is 11.2 Å². The molecule has 0 spiro atoms. The highest BCUT2D eigenvalue weighted by Crippen LogP contribution is 2.42. The molecule has 0 amide bonds. The van der Waals surface area contributed by atoms with Crippen molar-refractivity contribution in [2.45, 2.75) is 88.6 Å². The summed E-state index contributed by atoms with van der Waals surface area (Å²) < 4.78 is 45.0. The molecular weight excluding hydrogens is 600 g/mol. The minimum absolute atomic E-state index is 0.0254. The Balaban J connectivity index is 1.15. The van der Waals surface area contributed by atoms with E-state index in [-0.39, 0.29) is 22.8 Å². The Labute approximate surface area is 274 Å². The lowest BCUT2D eigenvalue weighted by Gasteiger charge is -2.38. The second-order valence-corrected chi connectivity index (χ2v) is 13.8. The fourth-order valence-electron chi connectivity index (χ4n) is 8.86. The molecule has 0 saturated carbocycles. The van der Waals surface area contributed by atoms with E-state index in [0.29, 0.717) is 73.2 Å². The van der Waals surface area contributed by atoms with Crippen molar-refractivity contribution in [2.24, 2.45) is 0 Å². The highest BCUT2D eigenvalue weighted by Gasteiger charge is 2.40. The van der Waals surface area contributed by atoms with Gasteiger partial charge in [0.25, 0.3) is 0 Å². The molecule has 4 saturated heterocycles. The number of piperidine rings is 1. The van der Waals surface area contributed by atoms with E-state index in [0.717, 1.165) is 55.0 Å². The maximum Gasteiger partial charge on any atom is 0.319 e. The van der Waals surface area contributed by atoms with Crippen LogP contribution >= 0.6 is 0 Å². The summed E-state index contributed by atoms with van der Waals surface area (Å²) in [6, 6.07) is 12.0. The Kier molecular flexibility index (Phi) is 8.14. The molecule has 4 bridgehead atoms. The number of anilines is 1. The van der Waals surface area contributed by atoms with E-state index in [1.54, 1.807) is 6.07 Å². The van der Waals surface area contributed by atoms with Gasteiger partial charge < -0.3 is 24.8 Å². The quantitative estimate of drug-likeness (QED) is 0.204. The second-order valence-electron chi connectivity index (χ2n) is 13.8. The van der Waals surface area contributed by atoms with Crippen LogP contribution < -0.4 is 15.0 Å². The molecule has 248 valence electrons. The zero-order valence-electron chi connectivity index (χ0n) is 27.1. The SMILES string of the molecule is CCc1cccc2cc(O)cc(-c3c(F)cc4c(N5CC6CCC(C5)N6)nc(OCCCN5[C@@H]6CC[C@H]5CC(OC)C6)nc4c3F)c12. The maximum absolute atomic E-state index is 16.9. The monoisotopic (exact) mass is 643 g/mol. The number of hydrogen-bond acceptors (Lipinski definition) is 8. The second kappa shape index (κ2) is 12.5. The summed E-state index contributed by atoms with van der Waals surface area (Å²) in [5.74, 6) is -1.04. The number of nitrogens with zero attached hydrogens (tertiary/aromatic N) is 4. The Morgan fingerprint density at radius 2 is 1.77 bits per heavy atom. The van der Waals surface area contributed by atoms with Crippen molar-refractivity contribution < 1.29 is 23.4 Å². The lowest BCUT2D eigenvalue weighted by Crippen LogP contribution is -2.51. The van der Waals surface area contributed by atoms with E-state index in [1.165, 1.54) is 25.0 Å². The van der Waals surface area contributed by atoms with Gasteiger partial charge in [0, 0.05) is 56.3 Å². The molecule has 8 rings (SSSR count). The van der Waals surface area contributed by atoms with Crippen LogP contribution in [0.5, 0.6) is 11.8 Å². The van der Waals surface area contributed by atoms with Gasteiger partial charge in [-0.3, -0.25) is 4.90 Å². The number of methoxy groups -OCH3 is 1. The Hall–Kier alpha value is -3.60. The molecule has 47 heavy (non-hydrogen) atoms. The van der Waals surface area contributed by atoms with Gasteiger partial charge in [0.1, 0.15) is 22.9 Å². The first-order valence-electron chi connectivity index (χ1n) is 17.3. The zero-order chi connectivity index (χ0) is 32.2. The lowest BCUT2D eigenvalue weighted by atomic mass is 9.92. The van der Waals surface area contributed by atoms with E-state index >= 15 is 8.78 Å². The molecule has 1 aromatic heterocycles. The number of benzene rings is 3. The summed E-state index contributed by atoms with van der Waals surface area (Å²) in [6.07, 6.45) is 8.51. The van der Waals surface area contributed by atoms with Gasteiger partial charge in [-0.05, 0) is 91.5 Å². The zero-order valence-corrected chi connectivity index (χ0v) is 27.1. The van der Waals surface area contributed by atoms with Crippen molar-refractivity contribution in [2.75, 3.05) is 38.3 Å². The first-order valence-corrected chi connectivity index (χ1v) is 17.3. The topological polar surface area (TPSA) is 83.0 Å². The van der Waals surface area contributed by atoms with Crippen LogP contribution in [0.25, 0.3) is 32.8 Å². The molecule has 0 radical (unpaired) electrons. The van der Waals surface area contributed by atoms with Gasteiger partial charge >= 0.3 is 6.01 Å². The van der Waals surface area contributed by atoms with Crippen molar-refractivity contribution in [3.63, 3.8) is 0 Å². The average molecular weight is 644 g/mol. The van der Waals surface area contributed by atoms with Gasteiger partial charge in [0.15, 0.2) is 5.82 Å². The lowest BCUT2D eigenvalue weighted by molar-refractivity contribution is 0.00434. The van der Waals surface area contributed by atoms with Gasteiger partial charge in [0.05, 0.1) is 18.3 Å². The average Bonchev–Trinajstić information content (AvgIpc) is 3.53. The predicted molar refractivity (Wildman–Crippen MR) is 179 cm³/mol. The fraction of sp³-hybridized carbons (Fsp3) is 0.514. The van der Waals surface area contributed by atoms with Crippen LogP contribution in [0, 0.1) is 11.6 Å². The number of fused-ring (bicyclic) bond motifs is 6. The van der Waals surface area contributed by atoms with Gasteiger partial charge in [-0.1, -0.05) is 25.1 Å². The summed E-state index contributed by atoms with van der Waals surface area (Å²) in [5, 5.41) is 16.0. The van der Waals surface area contributed by atoms with E-state index in [4.69, 9.17) is 14.5 Å². The van der Waals surface area contributed by atoms with Crippen molar-refractivity contribution in [1.29, 1.82) is 0 Å². The summed E-state index contributed by atoms with van der Waals surface area (Å²) in [4.78, 5) is 14.1. The van der Waals surface area contributed by atoms with Gasteiger partial charge in [-0.2, -0.15) is 9.97 Å². The summed E-state index contributed by atoms with van der Waals surface area (Å²) >= 11 is 0. The van der Waals surface area contributed by atoms with Crippen molar-refractivity contribution in [3.05, 3.63) is 53.6 Å². The number of aromatic nitrogens is 2. The van der Waals surface area contributed by atoms with Crippen LogP contribution in [0.4, 0.5) is 14.6 Å². The van der Waals surface area contributed by atoms with E-state index < -0.39 is 11.6 Å². The number of phenolic OH excluding ortho intramolecular Hbond substituents is 1. The third-order valence-electron chi connectivity index (χ3n) is 11.0. The Morgan fingerprint density at radius 3 is 2.49 bits per heavy atom. The Morgan fingerprint density at radius 1 is 1.00 bits per heavy atom. The molecule has 4 aliphatic rings. The van der Waals surface area contributed by atoms with Crippen LogP contribution in [0.1, 0.15) is 57.4 Å². The predicted octanol–water partition coefficient (Wildman–Crippen LogP) is 6.35. The number of nitrogens with one attached hydrogen (secondary N) is 1. The molecule has 4 fully saturated rings. The standard InChI is InChI=1S/C37H43F2N5O3/c1-3-21-6-4-7-22-14-27(45)17-29(32(21)22)33-31(38)18-30-35(34(33)39)41-37(42-36(30)43-19-23-8-9-24(20-43)40-23)47-13-5-12-44-25-10-11-26(44)16-28(15-25)46-2/h4,6-7,14,17-18,23-26,28,40,45H,3,5,8-13,15-16,19-20H2,1-2H3/t23?,24?,25-,26+,28?. The minimum atomic E-state index is -0.776. The normalized spacial score (nSPS) is 25.7. The molecule has 0 aliphatic carbocycles. The maximum atomic E-state index is 16.9. The van der Waals surface area contributed by atoms with E-state index in [2.05, 4.69) is 20.1 Å². The fourth-order valence-corrected chi connectivity index (χ4v) is 8.86. The molecule has 3 unspecified atom stereocenters. The number of halogens is 2. The smallest absolute Gasteiger partial charge is 0.319 e. The van der Waals surface area contributed by atoms with Crippen molar-refractivity contribution in [3.8, 4) is 22.9 Å². The van der Waals surface area contributed by atoms with E-state index in [9.17, 15) is 5.11 Å². The van der Waals surface area contributed by atoms with Gasteiger partial charge in [-0.25, -0.2) is 8.78 Å². The highest BCUT2D eigenvalue weighted by atomic mass is 19.1. The largest absolute Gasteiger partial charge is 0.508 e. The van der Waals surface area contributed by atoms with Crippen molar-refractivity contribution >= 4 is 27.5 Å². The molecule has 5 atom stereocenters. The van der Waals surface area contributed by atoms with Gasteiger partial charge in [0.2, 0.25) is 0 Å². The van der Waals surface area contributed by atoms with Crippen LogP contribution in [0.15, 0.2) is 36.4 Å². The summed E-state index contributed by atoms with van der Waals surface area (Å²) in [7, 11) is 1.81. The number of hydrogen-bond donors (Lipinski definition) is 2. The van der Waals surface area contributed by atoms with Crippen LogP contribution in [-0.4, -0.2) is 83.6 Å². The molecule has 4 aliphatic heterocycles.